The average molecular weight is 247 g/mol. The second-order valence-electron chi connectivity index (χ2n) is 5.58. The van der Waals surface area contributed by atoms with Gasteiger partial charge in [-0.2, -0.15) is 0 Å². The number of rotatable bonds is 8. The fourth-order valence-corrected chi connectivity index (χ4v) is 1.03. The molecule has 0 aromatic heterocycles. The molecule has 0 rings (SSSR count). The Hall–Kier alpha value is -0.650. The zero-order valence-corrected chi connectivity index (χ0v) is 11.5. The highest BCUT2D eigenvalue weighted by Gasteiger charge is 2.22. The molecule has 0 radical (unpaired) electrons. The highest BCUT2D eigenvalue weighted by Crippen LogP contribution is 2.15. The number of hydrogen-bond donors (Lipinski definition) is 2. The Morgan fingerprint density at radius 3 is 2.24 bits per heavy atom. The van der Waals surface area contributed by atoms with Crippen LogP contribution >= 0.6 is 0 Å². The van der Waals surface area contributed by atoms with Crippen LogP contribution < -0.4 is 5.32 Å². The van der Waals surface area contributed by atoms with Gasteiger partial charge in [-0.3, -0.25) is 4.79 Å². The number of aliphatic carboxylic acids is 1. The van der Waals surface area contributed by atoms with Gasteiger partial charge in [-0.05, 0) is 34.6 Å². The first kappa shape index (κ1) is 16.4. The third-order valence-corrected chi connectivity index (χ3v) is 1.90. The van der Waals surface area contributed by atoms with Crippen LogP contribution in [0.3, 0.4) is 0 Å². The quantitative estimate of drug-likeness (QED) is 0.632. The van der Waals surface area contributed by atoms with Crippen molar-refractivity contribution in [1.82, 2.24) is 5.32 Å². The molecule has 0 spiro atoms. The van der Waals surface area contributed by atoms with Gasteiger partial charge >= 0.3 is 5.97 Å². The van der Waals surface area contributed by atoms with Crippen molar-refractivity contribution in [1.29, 1.82) is 0 Å². The van der Waals surface area contributed by atoms with Crippen LogP contribution in [-0.2, 0) is 14.3 Å². The molecule has 0 heterocycles. The first-order valence-corrected chi connectivity index (χ1v) is 5.83. The molecule has 0 aliphatic rings. The molecule has 0 fully saturated rings. The molecule has 102 valence electrons. The maximum atomic E-state index is 10.2. The first-order chi connectivity index (χ1) is 7.62. The molecule has 5 nitrogen and oxygen atoms in total. The Morgan fingerprint density at radius 2 is 1.76 bits per heavy atom. The number of ether oxygens (including phenoxy) is 2. The van der Waals surface area contributed by atoms with Gasteiger partial charge in [-0.1, -0.05) is 0 Å². The summed E-state index contributed by atoms with van der Waals surface area (Å²) in [7, 11) is 0. The predicted octanol–water partition coefficient (Wildman–Crippen LogP) is 1.27. The molecule has 0 aliphatic carbocycles. The maximum Gasteiger partial charge on any atom is 0.317 e. The van der Waals surface area contributed by atoms with Gasteiger partial charge in [0, 0.05) is 6.54 Å². The second kappa shape index (κ2) is 6.93. The van der Waals surface area contributed by atoms with E-state index in [0.29, 0.717) is 19.8 Å². The number of carboxylic acid groups (broad SMARTS) is 1. The second-order valence-corrected chi connectivity index (χ2v) is 5.58. The van der Waals surface area contributed by atoms with Crippen LogP contribution in [-0.4, -0.2) is 48.6 Å². The van der Waals surface area contributed by atoms with Crippen LogP contribution in [0.15, 0.2) is 0 Å². The molecule has 0 atom stereocenters. The van der Waals surface area contributed by atoms with E-state index < -0.39 is 5.97 Å². The zero-order chi connectivity index (χ0) is 13.5. The Bertz CT molecular complexity index is 233. The van der Waals surface area contributed by atoms with Crippen molar-refractivity contribution in [3.63, 3.8) is 0 Å². The van der Waals surface area contributed by atoms with E-state index in [1.165, 1.54) is 0 Å². The summed E-state index contributed by atoms with van der Waals surface area (Å²) in [4.78, 5) is 10.2. The third-order valence-electron chi connectivity index (χ3n) is 1.90. The van der Waals surface area contributed by atoms with E-state index in [9.17, 15) is 4.79 Å². The molecule has 0 aliphatic heterocycles. The maximum absolute atomic E-state index is 10.2. The molecular weight excluding hydrogens is 222 g/mol. The van der Waals surface area contributed by atoms with Crippen molar-refractivity contribution in [2.75, 3.05) is 26.3 Å². The molecule has 0 unspecified atom stereocenters. The van der Waals surface area contributed by atoms with Crippen molar-refractivity contribution in [3.05, 3.63) is 0 Å². The normalized spacial score (nSPS) is 12.8. The summed E-state index contributed by atoms with van der Waals surface area (Å²) in [5, 5.41) is 11.2. The lowest BCUT2D eigenvalue weighted by Gasteiger charge is -2.29. The minimum atomic E-state index is -0.861. The zero-order valence-electron chi connectivity index (χ0n) is 11.5. The van der Waals surface area contributed by atoms with Crippen molar-refractivity contribution in [2.24, 2.45) is 0 Å². The SMILES string of the molecule is CC(C)(C)OCC(C)(C)OCCNCC(=O)O. The smallest absolute Gasteiger partial charge is 0.317 e. The van der Waals surface area contributed by atoms with E-state index >= 15 is 0 Å². The summed E-state index contributed by atoms with van der Waals surface area (Å²) in [5.41, 5.74) is -0.541. The van der Waals surface area contributed by atoms with Crippen LogP contribution in [0.1, 0.15) is 34.6 Å². The number of carbonyl (C=O) groups is 1. The van der Waals surface area contributed by atoms with E-state index in [1.54, 1.807) is 0 Å². The standard InChI is InChI=1S/C12H25NO4/c1-11(2,3)17-9-12(4,5)16-7-6-13-8-10(14)15/h13H,6-9H2,1-5H3,(H,14,15). The molecular formula is C12H25NO4. The Kier molecular flexibility index (Phi) is 6.67. The van der Waals surface area contributed by atoms with Crippen molar-refractivity contribution >= 4 is 5.97 Å². The largest absolute Gasteiger partial charge is 0.480 e. The van der Waals surface area contributed by atoms with Gasteiger partial charge in [0.2, 0.25) is 0 Å². The highest BCUT2D eigenvalue weighted by molar-refractivity contribution is 5.68. The molecule has 0 saturated carbocycles. The van der Waals surface area contributed by atoms with E-state index in [-0.39, 0.29) is 17.7 Å². The molecule has 0 saturated heterocycles. The van der Waals surface area contributed by atoms with Gasteiger partial charge in [-0.15, -0.1) is 0 Å². The van der Waals surface area contributed by atoms with Crippen molar-refractivity contribution in [2.45, 2.75) is 45.8 Å². The summed E-state index contributed by atoms with van der Waals surface area (Å²) in [6.45, 7) is 11.4. The van der Waals surface area contributed by atoms with Crippen LogP contribution in [0.2, 0.25) is 0 Å². The van der Waals surface area contributed by atoms with E-state index in [1.807, 2.05) is 34.6 Å². The predicted molar refractivity (Wildman–Crippen MR) is 66.2 cm³/mol. The summed E-state index contributed by atoms with van der Waals surface area (Å²) < 4.78 is 11.3. The molecule has 0 aromatic rings. The average Bonchev–Trinajstić information content (AvgIpc) is 2.13. The van der Waals surface area contributed by atoms with Crippen LogP contribution in [0, 0.1) is 0 Å². The first-order valence-electron chi connectivity index (χ1n) is 5.83. The summed E-state index contributed by atoms with van der Waals surface area (Å²) in [6.07, 6.45) is 0. The molecule has 0 bridgehead atoms. The number of hydrogen-bond acceptors (Lipinski definition) is 4. The fraction of sp³-hybridized carbons (Fsp3) is 0.917. The van der Waals surface area contributed by atoms with Crippen LogP contribution in [0.25, 0.3) is 0 Å². The lowest BCUT2D eigenvalue weighted by Crippen LogP contribution is -2.37. The van der Waals surface area contributed by atoms with E-state index in [4.69, 9.17) is 14.6 Å². The Balaban J connectivity index is 3.67. The van der Waals surface area contributed by atoms with Gasteiger partial charge in [0.05, 0.1) is 31.0 Å². The van der Waals surface area contributed by atoms with Crippen molar-refractivity contribution in [3.8, 4) is 0 Å². The number of carboxylic acids is 1. The molecule has 0 amide bonds. The monoisotopic (exact) mass is 247 g/mol. The number of nitrogens with one attached hydrogen (secondary N) is 1. The third kappa shape index (κ3) is 11.6. The van der Waals surface area contributed by atoms with E-state index in [2.05, 4.69) is 5.32 Å². The van der Waals surface area contributed by atoms with E-state index in [0.717, 1.165) is 0 Å². The summed E-state index contributed by atoms with van der Waals surface area (Å²) in [5.74, 6) is -0.861. The summed E-state index contributed by atoms with van der Waals surface area (Å²) >= 11 is 0. The molecule has 5 heteroatoms. The fourth-order valence-electron chi connectivity index (χ4n) is 1.03. The lowest BCUT2D eigenvalue weighted by atomic mass is 10.1. The minimum Gasteiger partial charge on any atom is -0.480 e. The van der Waals surface area contributed by atoms with Crippen LogP contribution in [0.5, 0.6) is 0 Å². The van der Waals surface area contributed by atoms with Gasteiger partial charge in [0.25, 0.3) is 0 Å². The topological polar surface area (TPSA) is 67.8 Å². The Morgan fingerprint density at radius 1 is 1.18 bits per heavy atom. The van der Waals surface area contributed by atoms with Gasteiger partial charge in [0.1, 0.15) is 0 Å². The van der Waals surface area contributed by atoms with Gasteiger partial charge < -0.3 is 19.9 Å². The molecule has 2 N–H and O–H groups in total. The van der Waals surface area contributed by atoms with Gasteiger partial charge in [-0.25, -0.2) is 0 Å². The molecule has 17 heavy (non-hydrogen) atoms. The minimum absolute atomic E-state index is 0.0394. The van der Waals surface area contributed by atoms with Crippen LogP contribution in [0.4, 0.5) is 0 Å². The lowest BCUT2D eigenvalue weighted by molar-refractivity contribution is -0.136. The Labute approximate surface area is 103 Å². The highest BCUT2D eigenvalue weighted by atomic mass is 16.6. The van der Waals surface area contributed by atoms with Crippen molar-refractivity contribution < 1.29 is 19.4 Å². The summed E-state index contributed by atoms with van der Waals surface area (Å²) in [6, 6.07) is 0. The van der Waals surface area contributed by atoms with Gasteiger partial charge in [0.15, 0.2) is 0 Å². The molecule has 0 aromatic carbocycles.